The summed E-state index contributed by atoms with van der Waals surface area (Å²) in [6.45, 7) is 1.51. The molecule has 0 aromatic heterocycles. The van der Waals surface area contributed by atoms with Gasteiger partial charge in [-0.15, -0.1) is 0 Å². The summed E-state index contributed by atoms with van der Waals surface area (Å²) in [5, 5.41) is 2.35. The van der Waals surface area contributed by atoms with Crippen LogP contribution in [0.15, 0.2) is 28.7 Å². The van der Waals surface area contributed by atoms with Gasteiger partial charge in [0.25, 0.3) is 0 Å². The molecule has 2 aromatic rings. The maximum absolute atomic E-state index is 13.6. The molecule has 0 aliphatic heterocycles. The highest BCUT2D eigenvalue weighted by molar-refractivity contribution is 9.10. The van der Waals surface area contributed by atoms with E-state index in [1.807, 2.05) is 0 Å². The van der Waals surface area contributed by atoms with Gasteiger partial charge in [0.05, 0.1) is 0 Å². The van der Waals surface area contributed by atoms with Crippen LogP contribution in [0.1, 0.15) is 18.5 Å². The van der Waals surface area contributed by atoms with Crippen LogP contribution in [0.3, 0.4) is 0 Å². The molecule has 0 saturated heterocycles. The number of hydrogen-bond acceptors (Lipinski definition) is 1. The molecule has 0 bridgehead atoms. The molecule has 0 heterocycles. The lowest BCUT2D eigenvalue weighted by Gasteiger charge is -2.18. The number of hydrogen-bond donors (Lipinski definition) is 1. The Hall–Kier alpha value is -1.63. The monoisotopic (exact) mass is 365 g/mol. The average molecular weight is 366 g/mol. The van der Waals surface area contributed by atoms with Crippen molar-refractivity contribution in [2.45, 2.75) is 13.0 Å². The van der Waals surface area contributed by atoms with Crippen molar-refractivity contribution in [2.75, 3.05) is 5.32 Å². The van der Waals surface area contributed by atoms with E-state index in [4.69, 9.17) is 0 Å². The molecule has 2 rings (SSSR count). The first kappa shape index (κ1) is 15.8. The van der Waals surface area contributed by atoms with Crippen molar-refractivity contribution in [3.63, 3.8) is 0 Å². The van der Waals surface area contributed by atoms with Gasteiger partial charge in [-0.25, -0.2) is 22.0 Å². The molecule has 0 aliphatic rings. The van der Waals surface area contributed by atoms with E-state index < -0.39 is 40.8 Å². The third-order valence-electron chi connectivity index (χ3n) is 2.90. The van der Waals surface area contributed by atoms with Crippen molar-refractivity contribution < 1.29 is 22.0 Å². The molecule has 0 fully saturated rings. The molecular formula is C14H9BrF5N. The second kappa shape index (κ2) is 6.01. The minimum absolute atomic E-state index is 0.133. The van der Waals surface area contributed by atoms with Crippen molar-refractivity contribution in [2.24, 2.45) is 0 Å². The van der Waals surface area contributed by atoms with Gasteiger partial charge in [0.2, 0.25) is 0 Å². The van der Waals surface area contributed by atoms with Gasteiger partial charge >= 0.3 is 0 Å². The minimum atomic E-state index is -1.51. The Morgan fingerprint density at radius 1 is 0.952 bits per heavy atom. The Kier molecular flexibility index (Phi) is 4.51. The van der Waals surface area contributed by atoms with Crippen LogP contribution in [-0.2, 0) is 0 Å². The summed E-state index contributed by atoms with van der Waals surface area (Å²) in [7, 11) is 0. The van der Waals surface area contributed by atoms with Crippen LogP contribution in [-0.4, -0.2) is 0 Å². The van der Waals surface area contributed by atoms with Gasteiger partial charge < -0.3 is 5.32 Å². The van der Waals surface area contributed by atoms with E-state index in [2.05, 4.69) is 21.2 Å². The maximum Gasteiger partial charge on any atom is 0.185 e. The fourth-order valence-corrected chi connectivity index (χ4v) is 2.54. The van der Waals surface area contributed by atoms with Crippen LogP contribution in [0, 0.1) is 29.1 Å². The highest BCUT2D eigenvalue weighted by atomic mass is 79.9. The fraction of sp³-hybridized carbons (Fsp3) is 0.143. The van der Waals surface area contributed by atoms with E-state index in [-0.39, 0.29) is 6.07 Å². The van der Waals surface area contributed by atoms with E-state index in [0.29, 0.717) is 10.0 Å². The topological polar surface area (TPSA) is 12.0 Å². The van der Waals surface area contributed by atoms with Crippen molar-refractivity contribution in [3.05, 3.63) is 63.4 Å². The largest absolute Gasteiger partial charge is 0.374 e. The Labute approximate surface area is 125 Å². The van der Waals surface area contributed by atoms with Gasteiger partial charge in [-0.05, 0) is 24.6 Å². The van der Waals surface area contributed by atoms with Crippen molar-refractivity contribution in [1.29, 1.82) is 0 Å². The molecule has 1 nitrogen and oxygen atoms in total. The summed E-state index contributed by atoms with van der Waals surface area (Å²) >= 11 is 3.11. The Bertz CT molecular complexity index is 663. The van der Waals surface area contributed by atoms with Gasteiger partial charge in [-0.1, -0.05) is 22.0 Å². The van der Waals surface area contributed by atoms with Gasteiger partial charge in [-0.3, -0.25) is 0 Å². The lowest BCUT2D eigenvalue weighted by atomic mass is 10.1. The fourth-order valence-electron chi connectivity index (χ4n) is 1.85. The third-order valence-corrected chi connectivity index (χ3v) is 3.59. The first-order valence-electron chi connectivity index (χ1n) is 5.85. The molecule has 0 spiro atoms. The summed E-state index contributed by atoms with van der Waals surface area (Å²) in [5.41, 5.74) is -0.434. The van der Waals surface area contributed by atoms with Gasteiger partial charge in [0, 0.05) is 16.6 Å². The van der Waals surface area contributed by atoms with E-state index in [1.165, 1.54) is 19.1 Å². The molecule has 0 radical (unpaired) electrons. The molecular weight excluding hydrogens is 357 g/mol. The first-order chi connectivity index (χ1) is 9.81. The van der Waals surface area contributed by atoms with Crippen LogP contribution >= 0.6 is 15.9 Å². The lowest BCUT2D eigenvalue weighted by molar-refractivity contribution is 0.457. The molecule has 2 aromatic carbocycles. The lowest BCUT2D eigenvalue weighted by Crippen LogP contribution is -2.12. The van der Waals surface area contributed by atoms with Crippen LogP contribution in [0.4, 0.5) is 27.6 Å². The van der Waals surface area contributed by atoms with Gasteiger partial charge in [-0.2, -0.15) is 0 Å². The number of benzene rings is 2. The van der Waals surface area contributed by atoms with Crippen molar-refractivity contribution >= 4 is 21.6 Å². The molecule has 21 heavy (non-hydrogen) atoms. The predicted octanol–water partition coefficient (Wildman–Crippen LogP) is 5.32. The summed E-state index contributed by atoms with van der Waals surface area (Å²) in [5.74, 6) is -6.52. The standard InChI is InChI=1S/C14H9BrF5N/c1-6(8-3-2-7(16)4-9(8)15)21-14-12(19)10(17)5-11(18)13(14)20/h2-6,21H,1H3. The van der Waals surface area contributed by atoms with Gasteiger partial charge in [0.1, 0.15) is 11.5 Å². The van der Waals surface area contributed by atoms with Crippen LogP contribution in [0.5, 0.6) is 0 Å². The highest BCUT2D eigenvalue weighted by Crippen LogP contribution is 2.31. The molecule has 1 atom stereocenters. The smallest absolute Gasteiger partial charge is 0.185 e. The first-order valence-corrected chi connectivity index (χ1v) is 6.65. The van der Waals surface area contributed by atoms with Crippen LogP contribution in [0.25, 0.3) is 0 Å². The zero-order chi connectivity index (χ0) is 15.7. The molecule has 0 saturated carbocycles. The molecule has 7 heteroatoms. The Morgan fingerprint density at radius 2 is 1.52 bits per heavy atom. The third kappa shape index (κ3) is 3.18. The zero-order valence-electron chi connectivity index (χ0n) is 10.7. The zero-order valence-corrected chi connectivity index (χ0v) is 12.2. The van der Waals surface area contributed by atoms with Crippen LogP contribution in [0.2, 0.25) is 0 Å². The molecule has 112 valence electrons. The van der Waals surface area contributed by atoms with E-state index in [0.717, 1.165) is 6.07 Å². The quantitative estimate of drug-likeness (QED) is 0.573. The minimum Gasteiger partial charge on any atom is -0.374 e. The maximum atomic E-state index is 13.6. The highest BCUT2D eigenvalue weighted by Gasteiger charge is 2.21. The van der Waals surface area contributed by atoms with E-state index in [9.17, 15) is 22.0 Å². The average Bonchev–Trinajstić information content (AvgIpc) is 2.41. The molecule has 0 aliphatic carbocycles. The normalized spacial score (nSPS) is 12.3. The second-order valence-electron chi connectivity index (χ2n) is 4.38. The Balaban J connectivity index is 2.38. The molecule has 0 amide bonds. The summed E-state index contributed by atoms with van der Waals surface area (Å²) in [6, 6.07) is 3.14. The summed E-state index contributed by atoms with van der Waals surface area (Å²) in [4.78, 5) is 0. The van der Waals surface area contributed by atoms with Crippen molar-refractivity contribution in [3.8, 4) is 0 Å². The summed E-state index contributed by atoms with van der Waals surface area (Å²) < 4.78 is 66.7. The second-order valence-corrected chi connectivity index (χ2v) is 5.23. The Morgan fingerprint density at radius 3 is 2.05 bits per heavy atom. The predicted molar refractivity (Wildman–Crippen MR) is 72.4 cm³/mol. The molecule has 1 unspecified atom stereocenters. The van der Waals surface area contributed by atoms with Crippen LogP contribution < -0.4 is 5.32 Å². The van der Waals surface area contributed by atoms with Crippen molar-refractivity contribution in [1.82, 2.24) is 0 Å². The van der Waals surface area contributed by atoms with E-state index >= 15 is 0 Å². The van der Waals surface area contributed by atoms with E-state index in [1.54, 1.807) is 0 Å². The SMILES string of the molecule is CC(Nc1c(F)c(F)cc(F)c1F)c1ccc(F)cc1Br. The number of nitrogens with one attached hydrogen (secondary N) is 1. The number of halogens is 6. The number of anilines is 1. The number of rotatable bonds is 3. The van der Waals surface area contributed by atoms with Gasteiger partial charge in [0.15, 0.2) is 23.3 Å². The summed E-state index contributed by atoms with van der Waals surface area (Å²) in [6.07, 6.45) is 0. The molecule has 1 N–H and O–H groups in total.